The highest BCUT2D eigenvalue weighted by atomic mass is 16.7. The van der Waals surface area contributed by atoms with Crippen molar-refractivity contribution < 1.29 is 14.3 Å². The first-order chi connectivity index (χ1) is 6.78. The second-order valence-corrected chi connectivity index (χ2v) is 2.77. The zero-order valence-electron chi connectivity index (χ0n) is 9.03. The van der Waals surface area contributed by atoms with E-state index in [1.807, 2.05) is 0 Å². The fraction of sp³-hybridized carbons (Fsp3) is 0.667. The van der Waals surface area contributed by atoms with Gasteiger partial charge in [0.25, 0.3) is 11.8 Å². The molecule has 0 bridgehead atoms. The highest BCUT2D eigenvalue weighted by Crippen LogP contribution is 2.26. The van der Waals surface area contributed by atoms with Crippen LogP contribution in [0.15, 0.2) is 0 Å². The molecule has 0 aliphatic carbocycles. The molecule has 0 unspecified atom stereocenters. The molecule has 0 saturated heterocycles. The maximum absolute atomic E-state index is 5.15. The van der Waals surface area contributed by atoms with Gasteiger partial charge in [-0.25, -0.2) is 0 Å². The molecule has 0 aliphatic heterocycles. The van der Waals surface area contributed by atoms with Crippen molar-refractivity contribution in [2.24, 2.45) is 0 Å². The Kier molecular flexibility index (Phi) is 3.62. The van der Waals surface area contributed by atoms with Crippen molar-refractivity contribution in [3.8, 4) is 11.8 Å². The number of hydrogen-bond acceptors (Lipinski definition) is 4. The molecular formula is C9H16N2O3. The van der Waals surface area contributed by atoms with Crippen molar-refractivity contribution >= 4 is 0 Å². The Hall–Kier alpha value is -1.39. The minimum Gasteiger partial charge on any atom is -0.477 e. The van der Waals surface area contributed by atoms with Gasteiger partial charge in [-0.3, -0.25) is 0 Å². The SMILES string of the molecule is CCCc1nc(OC)c(OC)n1OC. The summed E-state index contributed by atoms with van der Waals surface area (Å²) in [5.41, 5.74) is 0. The van der Waals surface area contributed by atoms with Crippen molar-refractivity contribution in [1.29, 1.82) is 0 Å². The molecule has 0 radical (unpaired) electrons. The molecular weight excluding hydrogens is 184 g/mol. The van der Waals surface area contributed by atoms with Crippen molar-refractivity contribution in [2.75, 3.05) is 21.3 Å². The average Bonchev–Trinajstić information content (AvgIpc) is 2.55. The molecule has 1 rings (SSSR count). The van der Waals surface area contributed by atoms with Crippen molar-refractivity contribution in [3.63, 3.8) is 0 Å². The Morgan fingerprint density at radius 3 is 2.36 bits per heavy atom. The van der Waals surface area contributed by atoms with E-state index < -0.39 is 0 Å². The summed E-state index contributed by atoms with van der Waals surface area (Å²) < 4.78 is 11.7. The van der Waals surface area contributed by atoms with Gasteiger partial charge in [0.15, 0.2) is 5.82 Å². The molecule has 14 heavy (non-hydrogen) atoms. The number of methoxy groups -OCH3 is 2. The van der Waals surface area contributed by atoms with E-state index in [-0.39, 0.29) is 0 Å². The minimum atomic E-state index is 0.456. The lowest BCUT2D eigenvalue weighted by molar-refractivity contribution is 0.129. The predicted molar refractivity (Wildman–Crippen MR) is 51.8 cm³/mol. The number of ether oxygens (including phenoxy) is 2. The first-order valence-electron chi connectivity index (χ1n) is 4.52. The quantitative estimate of drug-likeness (QED) is 0.708. The number of hydrogen-bond donors (Lipinski definition) is 0. The lowest BCUT2D eigenvalue weighted by Gasteiger charge is -2.07. The van der Waals surface area contributed by atoms with Crippen LogP contribution in [0, 0.1) is 0 Å². The molecule has 1 heterocycles. The number of aryl methyl sites for hydroxylation is 1. The number of imidazole rings is 1. The molecule has 0 aromatic carbocycles. The lowest BCUT2D eigenvalue weighted by Crippen LogP contribution is -2.11. The topological polar surface area (TPSA) is 45.5 Å². The van der Waals surface area contributed by atoms with Crippen LogP contribution in [0.4, 0.5) is 0 Å². The van der Waals surface area contributed by atoms with Crippen LogP contribution in [0.2, 0.25) is 0 Å². The summed E-state index contributed by atoms with van der Waals surface area (Å²) in [6.07, 6.45) is 1.82. The predicted octanol–water partition coefficient (Wildman–Crippen LogP) is 0.911. The van der Waals surface area contributed by atoms with E-state index in [0.717, 1.165) is 18.7 Å². The molecule has 0 amide bonds. The number of aromatic nitrogens is 2. The van der Waals surface area contributed by atoms with Crippen LogP contribution in [0.25, 0.3) is 0 Å². The smallest absolute Gasteiger partial charge is 0.293 e. The third-order valence-electron chi connectivity index (χ3n) is 1.88. The zero-order valence-corrected chi connectivity index (χ0v) is 9.03. The van der Waals surface area contributed by atoms with Crippen LogP contribution >= 0.6 is 0 Å². The van der Waals surface area contributed by atoms with Crippen LogP contribution in [0.3, 0.4) is 0 Å². The normalized spacial score (nSPS) is 10.0. The third-order valence-corrected chi connectivity index (χ3v) is 1.88. The van der Waals surface area contributed by atoms with Gasteiger partial charge in [-0.15, -0.1) is 4.73 Å². The molecule has 0 fully saturated rings. The summed E-state index contributed by atoms with van der Waals surface area (Å²) in [6, 6.07) is 0. The second-order valence-electron chi connectivity index (χ2n) is 2.77. The summed E-state index contributed by atoms with van der Waals surface area (Å²) in [4.78, 5) is 9.40. The molecule has 5 heteroatoms. The van der Waals surface area contributed by atoms with Gasteiger partial charge < -0.3 is 14.3 Å². The highest BCUT2D eigenvalue weighted by molar-refractivity contribution is 5.29. The second kappa shape index (κ2) is 4.74. The van der Waals surface area contributed by atoms with E-state index in [1.54, 1.807) is 26.1 Å². The summed E-state index contributed by atoms with van der Waals surface area (Å²) in [5.74, 6) is 1.76. The molecule has 80 valence electrons. The van der Waals surface area contributed by atoms with Gasteiger partial charge in [-0.1, -0.05) is 6.92 Å². The van der Waals surface area contributed by atoms with E-state index in [2.05, 4.69) is 11.9 Å². The van der Waals surface area contributed by atoms with Gasteiger partial charge in [0, 0.05) is 6.42 Å². The van der Waals surface area contributed by atoms with Crippen molar-refractivity contribution in [1.82, 2.24) is 9.71 Å². The van der Waals surface area contributed by atoms with Crippen LogP contribution in [0.5, 0.6) is 11.8 Å². The van der Waals surface area contributed by atoms with Crippen LogP contribution in [-0.4, -0.2) is 31.0 Å². The molecule has 0 atom stereocenters. The van der Waals surface area contributed by atoms with Crippen molar-refractivity contribution in [2.45, 2.75) is 19.8 Å². The summed E-state index contributed by atoms with van der Waals surface area (Å²) in [6.45, 7) is 2.08. The standard InChI is InChI=1S/C9H16N2O3/c1-5-6-7-10-8(12-2)9(13-3)11(7)14-4/h5-6H2,1-4H3. The molecule has 1 aromatic rings. The van der Waals surface area contributed by atoms with E-state index in [4.69, 9.17) is 14.3 Å². The first-order valence-corrected chi connectivity index (χ1v) is 4.52. The molecule has 1 aromatic heterocycles. The van der Waals surface area contributed by atoms with Gasteiger partial charge in [0.2, 0.25) is 0 Å². The Morgan fingerprint density at radius 1 is 1.21 bits per heavy atom. The number of nitrogens with zero attached hydrogens (tertiary/aromatic N) is 2. The van der Waals surface area contributed by atoms with Crippen LogP contribution < -0.4 is 14.3 Å². The Bertz CT molecular complexity index is 296. The van der Waals surface area contributed by atoms with E-state index in [0.29, 0.717) is 11.8 Å². The summed E-state index contributed by atoms with van der Waals surface area (Å²) in [5, 5.41) is 0. The van der Waals surface area contributed by atoms with Crippen LogP contribution in [0.1, 0.15) is 19.2 Å². The molecule has 5 nitrogen and oxygen atoms in total. The largest absolute Gasteiger partial charge is 0.477 e. The van der Waals surface area contributed by atoms with Gasteiger partial charge in [-0.05, 0) is 6.42 Å². The number of rotatable bonds is 5. The minimum absolute atomic E-state index is 0.456. The lowest BCUT2D eigenvalue weighted by atomic mass is 10.3. The first kappa shape index (κ1) is 10.7. The fourth-order valence-corrected chi connectivity index (χ4v) is 1.29. The van der Waals surface area contributed by atoms with Gasteiger partial charge in [-0.2, -0.15) is 4.98 Å². The monoisotopic (exact) mass is 200 g/mol. The molecule has 0 saturated carbocycles. The van der Waals surface area contributed by atoms with Crippen LogP contribution in [-0.2, 0) is 6.42 Å². The van der Waals surface area contributed by atoms with E-state index in [1.165, 1.54) is 0 Å². The summed E-state index contributed by atoms with van der Waals surface area (Å²) in [7, 11) is 4.69. The highest BCUT2D eigenvalue weighted by Gasteiger charge is 2.18. The molecule has 0 aliphatic rings. The van der Waals surface area contributed by atoms with Gasteiger partial charge in [0.1, 0.15) is 7.11 Å². The summed E-state index contributed by atoms with van der Waals surface area (Å²) >= 11 is 0. The Labute approximate surface area is 83.6 Å². The van der Waals surface area contributed by atoms with Crippen molar-refractivity contribution in [3.05, 3.63) is 5.82 Å². The third kappa shape index (κ3) is 1.76. The Balaban J connectivity index is 3.10. The van der Waals surface area contributed by atoms with Gasteiger partial charge >= 0.3 is 0 Å². The molecule has 0 spiro atoms. The molecule has 0 N–H and O–H groups in total. The van der Waals surface area contributed by atoms with E-state index in [9.17, 15) is 0 Å². The van der Waals surface area contributed by atoms with E-state index >= 15 is 0 Å². The fourth-order valence-electron chi connectivity index (χ4n) is 1.29. The average molecular weight is 200 g/mol. The Morgan fingerprint density at radius 2 is 1.93 bits per heavy atom. The van der Waals surface area contributed by atoms with Gasteiger partial charge in [0.05, 0.1) is 14.2 Å². The maximum Gasteiger partial charge on any atom is 0.293 e. The zero-order chi connectivity index (χ0) is 10.6. The maximum atomic E-state index is 5.15.